The summed E-state index contributed by atoms with van der Waals surface area (Å²) in [6, 6.07) is 6.83. The van der Waals surface area contributed by atoms with Crippen LogP contribution in [0.4, 0.5) is 5.69 Å². The maximum Gasteiger partial charge on any atom is 0.107 e. The van der Waals surface area contributed by atoms with E-state index in [4.69, 9.17) is 18.0 Å². The third-order valence-corrected chi connectivity index (χ3v) is 4.94. The van der Waals surface area contributed by atoms with Gasteiger partial charge in [-0.1, -0.05) is 50.4 Å². The molecule has 1 fully saturated rings. The second-order valence-corrected chi connectivity index (χ2v) is 6.72. The fourth-order valence-corrected chi connectivity index (χ4v) is 3.82. The van der Waals surface area contributed by atoms with E-state index in [0.717, 1.165) is 16.1 Å². The molecular formula is C16H24N2S2. The van der Waals surface area contributed by atoms with E-state index in [1.807, 2.05) is 0 Å². The van der Waals surface area contributed by atoms with Crippen molar-refractivity contribution in [3.8, 4) is 0 Å². The van der Waals surface area contributed by atoms with Crippen molar-refractivity contribution >= 4 is 34.7 Å². The van der Waals surface area contributed by atoms with Crippen molar-refractivity contribution in [2.75, 3.05) is 11.6 Å². The number of rotatable bonds is 4. The first-order chi connectivity index (χ1) is 9.72. The van der Waals surface area contributed by atoms with Crippen LogP contribution in [-0.2, 0) is 0 Å². The van der Waals surface area contributed by atoms with E-state index >= 15 is 0 Å². The summed E-state index contributed by atoms with van der Waals surface area (Å²) >= 11 is 6.94. The van der Waals surface area contributed by atoms with Crippen LogP contribution in [0.1, 0.15) is 50.5 Å². The number of benzene rings is 1. The SMILES string of the molecule is CSc1cccc(NC2CCCCCCC2)c1C(N)=S. The smallest absolute Gasteiger partial charge is 0.107 e. The van der Waals surface area contributed by atoms with Crippen LogP contribution < -0.4 is 11.1 Å². The predicted octanol–water partition coefficient (Wildman–Crippen LogP) is 4.57. The van der Waals surface area contributed by atoms with E-state index in [1.54, 1.807) is 11.8 Å². The minimum atomic E-state index is 0.489. The summed E-state index contributed by atoms with van der Waals surface area (Å²) in [4.78, 5) is 1.65. The molecule has 1 saturated carbocycles. The topological polar surface area (TPSA) is 38.0 Å². The highest BCUT2D eigenvalue weighted by atomic mass is 32.2. The van der Waals surface area contributed by atoms with Crippen LogP contribution in [-0.4, -0.2) is 17.3 Å². The molecule has 0 heterocycles. The summed E-state index contributed by atoms with van der Waals surface area (Å²) in [5, 5.41) is 3.69. The third-order valence-electron chi connectivity index (χ3n) is 3.96. The van der Waals surface area contributed by atoms with Crippen LogP contribution in [0.3, 0.4) is 0 Å². The highest BCUT2D eigenvalue weighted by molar-refractivity contribution is 7.98. The minimum Gasteiger partial charge on any atom is -0.389 e. The number of hydrogen-bond acceptors (Lipinski definition) is 3. The molecule has 0 bridgehead atoms. The summed E-state index contributed by atoms with van der Waals surface area (Å²) < 4.78 is 0. The molecule has 0 saturated heterocycles. The van der Waals surface area contributed by atoms with Crippen molar-refractivity contribution in [3.05, 3.63) is 23.8 Å². The number of nitrogens with two attached hydrogens (primary N) is 1. The van der Waals surface area contributed by atoms with Gasteiger partial charge in [-0.05, 0) is 31.2 Å². The lowest BCUT2D eigenvalue weighted by atomic mass is 9.96. The number of thioether (sulfide) groups is 1. The lowest BCUT2D eigenvalue weighted by molar-refractivity contribution is 0.471. The van der Waals surface area contributed by atoms with Crippen molar-refractivity contribution in [2.24, 2.45) is 5.73 Å². The van der Waals surface area contributed by atoms with E-state index < -0.39 is 0 Å². The van der Waals surface area contributed by atoms with E-state index in [-0.39, 0.29) is 0 Å². The Morgan fingerprint density at radius 3 is 2.45 bits per heavy atom. The second-order valence-electron chi connectivity index (χ2n) is 5.43. The normalized spacial score (nSPS) is 17.2. The van der Waals surface area contributed by atoms with Gasteiger partial charge in [0.25, 0.3) is 0 Å². The molecule has 0 aliphatic heterocycles. The maximum atomic E-state index is 5.93. The minimum absolute atomic E-state index is 0.489. The van der Waals surface area contributed by atoms with E-state index in [0.29, 0.717) is 11.0 Å². The Bertz CT molecular complexity index is 452. The van der Waals surface area contributed by atoms with Gasteiger partial charge in [-0.3, -0.25) is 0 Å². The molecule has 110 valence electrons. The predicted molar refractivity (Wildman–Crippen MR) is 93.8 cm³/mol. The lowest BCUT2D eigenvalue weighted by Crippen LogP contribution is -2.23. The highest BCUT2D eigenvalue weighted by Gasteiger charge is 2.15. The van der Waals surface area contributed by atoms with Crippen LogP contribution in [0.2, 0.25) is 0 Å². The highest BCUT2D eigenvalue weighted by Crippen LogP contribution is 2.29. The van der Waals surface area contributed by atoms with Gasteiger partial charge in [0.05, 0.1) is 0 Å². The zero-order chi connectivity index (χ0) is 14.4. The van der Waals surface area contributed by atoms with E-state index in [2.05, 4.69) is 29.8 Å². The Hall–Kier alpha value is -0.740. The maximum absolute atomic E-state index is 5.93. The van der Waals surface area contributed by atoms with Crippen LogP contribution >= 0.6 is 24.0 Å². The quantitative estimate of drug-likeness (QED) is 0.631. The summed E-state index contributed by atoms with van der Waals surface area (Å²) in [6.07, 6.45) is 11.3. The Morgan fingerprint density at radius 2 is 1.85 bits per heavy atom. The van der Waals surface area contributed by atoms with Gasteiger partial charge in [-0.25, -0.2) is 0 Å². The monoisotopic (exact) mass is 308 g/mol. The number of anilines is 1. The first kappa shape index (κ1) is 15.6. The number of nitrogens with one attached hydrogen (secondary N) is 1. The van der Waals surface area contributed by atoms with Crippen LogP contribution in [0.15, 0.2) is 23.1 Å². The molecule has 0 radical (unpaired) electrons. The fourth-order valence-electron chi connectivity index (χ4n) is 2.90. The first-order valence-electron chi connectivity index (χ1n) is 7.45. The Balaban J connectivity index is 2.16. The van der Waals surface area contributed by atoms with Crippen molar-refractivity contribution in [3.63, 3.8) is 0 Å². The molecular weight excluding hydrogens is 284 g/mol. The van der Waals surface area contributed by atoms with Gasteiger partial charge in [0.1, 0.15) is 4.99 Å². The third kappa shape index (κ3) is 4.13. The van der Waals surface area contributed by atoms with Crippen LogP contribution in [0.25, 0.3) is 0 Å². The van der Waals surface area contributed by atoms with E-state index in [1.165, 1.54) is 44.9 Å². The molecule has 3 N–H and O–H groups in total. The molecule has 2 nitrogen and oxygen atoms in total. The van der Waals surface area contributed by atoms with Gasteiger partial charge in [-0.15, -0.1) is 11.8 Å². The van der Waals surface area contributed by atoms with Gasteiger partial charge in [0, 0.05) is 22.2 Å². The van der Waals surface area contributed by atoms with Crippen LogP contribution in [0.5, 0.6) is 0 Å². The molecule has 0 unspecified atom stereocenters. The standard InChI is InChI=1S/C16H24N2S2/c1-20-14-11-7-10-13(15(14)16(17)19)18-12-8-5-3-2-4-6-9-12/h7,10-12,18H,2-6,8-9H2,1H3,(H2,17,19). The summed E-state index contributed by atoms with van der Waals surface area (Å²) in [5.74, 6) is 0. The number of thiocarbonyl (C=S) groups is 1. The lowest BCUT2D eigenvalue weighted by Gasteiger charge is -2.24. The summed E-state index contributed by atoms with van der Waals surface area (Å²) in [5.41, 5.74) is 8.05. The van der Waals surface area contributed by atoms with Gasteiger partial charge in [-0.2, -0.15) is 0 Å². The molecule has 0 amide bonds. The van der Waals surface area contributed by atoms with Crippen molar-refractivity contribution in [2.45, 2.75) is 55.9 Å². The summed E-state index contributed by atoms with van der Waals surface area (Å²) in [6.45, 7) is 0. The molecule has 0 atom stereocenters. The molecule has 0 aromatic heterocycles. The number of hydrogen-bond donors (Lipinski definition) is 2. The molecule has 0 spiro atoms. The van der Waals surface area contributed by atoms with Gasteiger partial charge in [0.15, 0.2) is 0 Å². The molecule has 20 heavy (non-hydrogen) atoms. The Morgan fingerprint density at radius 1 is 1.20 bits per heavy atom. The van der Waals surface area contributed by atoms with Crippen molar-refractivity contribution in [1.82, 2.24) is 0 Å². The Kier molecular flexibility index (Phi) is 6.17. The Labute approximate surface area is 131 Å². The molecule has 1 aromatic carbocycles. The van der Waals surface area contributed by atoms with Gasteiger partial charge < -0.3 is 11.1 Å². The average molecular weight is 309 g/mol. The van der Waals surface area contributed by atoms with Gasteiger partial charge in [0.2, 0.25) is 0 Å². The molecule has 1 aliphatic rings. The van der Waals surface area contributed by atoms with Crippen LogP contribution in [0, 0.1) is 0 Å². The summed E-state index contributed by atoms with van der Waals surface area (Å²) in [7, 11) is 0. The van der Waals surface area contributed by atoms with Gasteiger partial charge >= 0.3 is 0 Å². The largest absolute Gasteiger partial charge is 0.389 e. The molecule has 1 aromatic rings. The first-order valence-corrected chi connectivity index (χ1v) is 9.09. The molecule has 1 aliphatic carbocycles. The van der Waals surface area contributed by atoms with E-state index in [9.17, 15) is 0 Å². The zero-order valence-corrected chi connectivity index (χ0v) is 13.8. The molecule has 4 heteroatoms. The fraction of sp³-hybridized carbons (Fsp3) is 0.562. The average Bonchev–Trinajstić information content (AvgIpc) is 2.41. The molecule has 2 rings (SSSR count). The second kappa shape index (κ2) is 7.89. The van der Waals surface area contributed by atoms with Crippen molar-refractivity contribution < 1.29 is 0 Å². The van der Waals surface area contributed by atoms with Crippen molar-refractivity contribution in [1.29, 1.82) is 0 Å². The zero-order valence-electron chi connectivity index (χ0n) is 12.2.